The van der Waals surface area contributed by atoms with Crippen molar-refractivity contribution in [1.82, 2.24) is 0 Å². The van der Waals surface area contributed by atoms with Gasteiger partial charge in [-0.15, -0.1) is 0 Å². The summed E-state index contributed by atoms with van der Waals surface area (Å²) >= 11 is 0. The van der Waals surface area contributed by atoms with Crippen LogP contribution in [0, 0.1) is 11.8 Å². The van der Waals surface area contributed by atoms with Gasteiger partial charge in [-0.2, -0.15) is 0 Å². The Bertz CT molecular complexity index is 915. The molecule has 4 nitrogen and oxygen atoms in total. The van der Waals surface area contributed by atoms with Gasteiger partial charge in [0.15, 0.2) is 0 Å². The van der Waals surface area contributed by atoms with E-state index in [2.05, 4.69) is 27.7 Å². The molecule has 0 saturated heterocycles. The Labute approximate surface area is 193 Å². The first-order valence-corrected chi connectivity index (χ1v) is 12.4. The normalized spacial score (nSPS) is 13.2. The lowest BCUT2D eigenvalue weighted by Crippen LogP contribution is -2.15. The molecule has 2 unspecified atom stereocenters. The van der Waals surface area contributed by atoms with Crippen LogP contribution in [0.4, 0.5) is 0 Å². The standard InChI is InChI=1S/C28H40O4/c1-5-9-11-19(7-3)15-23-18-22-17-21(27(29)30)13-14-24(22)25(26(23)28(31)32)16-20(8-4)12-10-6-2/h13-14,17-20H,5-12,15-16H2,1-4H3,(H,29,30)(H,31,32). The molecule has 0 saturated carbocycles. The molecule has 2 rings (SSSR count). The number of carboxylic acids is 2. The fraction of sp³-hybridized carbons (Fsp3) is 0.571. The van der Waals surface area contributed by atoms with Gasteiger partial charge in [0.05, 0.1) is 11.1 Å². The van der Waals surface area contributed by atoms with Gasteiger partial charge in [0, 0.05) is 0 Å². The summed E-state index contributed by atoms with van der Waals surface area (Å²) in [6, 6.07) is 7.06. The zero-order valence-electron chi connectivity index (χ0n) is 20.2. The van der Waals surface area contributed by atoms with Gasteiger partial charge in [-0.1, -0.05) is 91.2 Å². The number of carboxylic acid groups (broad SMARTS) is 2. The van der Waals surface area contributed by atoms with Crippen LogP contribution in [0.5, 0.6) is 0 Å². The van der Waals surface area contributed by atoms with Crippen LogP contribution in [-0.4, -0.2) is 22.2 Å². The molecule has 0 aliphatic rings. The SMILES string of the molecule is CCCCC(CC)Cc1cc2cc(C(=O)O)ccc2c(CC(CC)CCCC)c1C(=O)O. The van der Waals surface area contributed by atoms with Crippen molar-refractivity contribution in [2.75, 3.05) is 0 Å². The average molecular weight is 441 g/mol. The van der Waals surface area contributed by atoms with Crippen LogP contribution in [-0.2, 0) is 12.8 Å². The molecule has 0 spiro atoms. The number of benzene rings is 2. The summed E-state index contributed by atoms with van der Waals surface area (Å²) in [6.07, 6.45) is 10.2. The fourth-order valence-electron chi connectivity index (χ4n) is 4.80. The Morgan fingerprint density at radius 3 is 1.91 bits per heavy atom. The Morgan fingerprint density at radius 1 is 0.812 bits per heavy atom. The van der Waals surface area contributed by atoms with Crippen molar-refractivity contribution in [3.8, 4) is 0 Å². The number of unbranched alkanes of at least 4 members (excludes halogenated alkanes) is 2. The topological polar surface area (TPSA) is 74.6 Å². The predicted octanol–water partition coefficient (Wildman–Crippen LogP) is 7.75. The number of rotatable bonds is 14. The number of hydrogen-bond donors (Lipinski definition) is 2. The van der Waals surface area contributed by atoms with Crippen LogP contribution in [0.2, 0.25) is 0 Å². The molecule has 0 bridgehead atoms. The molecule has 0 aromatic heterocycles. The monoisotopic (exact) mass is 440 g/mol. The van der Waals surface area contributed by atoms with E-state index in [9.17, 15) is 19.8 Å². The Hall–Kier alpha value is -2.36. The van der Waals surface area contributed by atoms with Gasteiger partial charge in [-0.3, -0.25) is 0 Å². The second kappa shape index (κ2) is 12.6. The average Bonchev–Trinajstić information content (AvgIpc) is 2.78. The molecule has 0 radical (unpaired) electrons. The van der Waals surface area contributed by atoms with Gasteiger partial charge in [0.25, 0.3) is 0 Å². The van der Waals surface area contributed by atoms with Crippen molar-refractivity contribution in [2.24, 2.45) is 11.8 Å². The molecule has 0 amide bonds. The zero-order valence-corrected chi connectivity index (χ0v) is 20.2. The summed E-state index contributed by atoms with van der Waals surface area (Å²) in [4.78, 5) is 24.1. The molecular formula is C28H40O4. The van der Waals surface area contributed by atoms with E-state index in [1.54, 1.807) is 12.1 Å². The number of fused-ring (bicyclic) bond motifs is 1. The number of carbonyl (C=O) groups is 2. The van der Waals surface area contributed by atoms with Gasteiger partial charge < -0.3 is 10.2 Å². The summed E-state index contributed by atoms with van der Waals surface area (Å²) in [5.41, 5.74) is 2.44. The molecule has 2 atom stereocenters. The summed E-state index contributed by atoms with van der Waals surface area (Å²) in [5.74, 6) is -0.966. The minimum Gasteiger partial charge on any atom is -0.478 e. The first kappa shape index (κ1) is 25.9. The van der Waals surface area contributed by atoms with Crippen molar-refractivity contribution >= 4 is 22.7 Å². The van der Waals surface area contributed by atoms with Gasteiger partial charge in [-0.25, -0.2) is 9.59 Å². The largest absolute Gasteiger partial charge is 0.478 e. The van der Waals surface area contributed by atoms with Crippen LogP contribution in [0.25, 0.3) is 10.8 Å². The molecule has 2 aromatic rings. The minimum atomic E-state index is -0.957. The van der Waals surface area contributed by atoms with Gasteiger partial charge >= 0.3 is 11.9 Å². The third-order valence-corrected chi connectivity index (χ3v) is 6.88. The minimum absolute atomic E-state index is 0.244. The van der Waals surface area contributed by atoms with Crippen molar-refractivity contribution in [3.63, 3.8) is 0 Å². The molecule has 4 heteroatoms. The second-order valence-electron chi connectivity index (χ2n) is 9.18. The van der Waals surface area contributed by atoms with Crippen LogP contribution in [0.1, 0.15) is 111 Å². The highest BCUT2D eigenvalue weighted by atomic mass is 16.4. The zero-order chi connectivity index (χ0) is 23.7. The van der Waals surface area contributed by atoms with E-state index in [0.29, 0.717) is 17.4 Å². The fourth-order valence-corrected chi connectivity index (χ4v) is 4.80. The smallest absolute Gasteiger partial charge is 0.336 e. The highest BCUT2D eigenvalue weighted by molar-refractivity contribution is 6.02. The third-order valence-electron chi connectivity index (χ3n) is 6.88. The lowest BCUT2D eigenvalue weighted by Gasteiger charge is -2.22. The predicted molar refractivity (Wildman–Crippen MR) is 132 cm³/mol. The summed E-state index contributed by atoms with van der Waals surface area (Å²) in [7, 11) is 0. The van der Waals surface area contributed by atoms with Crippen LogP contribution in [0.15, 0.2) is 24.3 Å². The number of hydrogen-bond acceptors (Lipinski definition) is 2. The van der Waals surface area contributed by atoms with E-state index in [-0.39, 0.29) is 5.56 Å². The van der Waals surface area contributed by atoms with Gasteiger partial charge in [0.1, 0.15) is 0 Å². The Morgan fingerprint density at radius 2 is 1.41 bits per heavy atom. The van der Waals surface area contributed by atoms with E-state index >= 15 is 0 Å². The van der Waals surface area contributed by atoms with Crippen LogP contribution < -0.4 is 0 Å². The van der Waals surface area contributed by atoms with E-state index in [1.165, 1.54) is 0 Å². The highest BCUT2D eigenvalue weighted by Gasteiger charge is 2.23. The van der Waals surface area contributed by atoms with Gasteiger partial charge in [0.2, 0.25) is 0 Å². The molecular weight excluding hydrogens is 400 g/mol. The molecule has 0 aliphatic heterocycles. The first-order valence-electron chi connectivity index (χ1n) is 12.4. The molecule has 176 valence electrons. The van der Waals surface area contributed by atoms with E-state index in [4.69, 9.17) is 0 Å². The molecule has 32 heavy (non-hydrogen) atoms. The van der Waals surface area contributed by atoms with E-state index in [1.807, 2.05) is 12.1 Å². The molecule has 0 aliphatic carbocycles. The van der Waals surface area contributed by atoms with Crippen molar-refractivity contribution in [3.05, 3.63) is 46.5 Å². The lowest BCUT2D eigenvalue weighted by molar-refractivity contribution is 0.0684. The van der Waals surface area contributed by atoms with Gasteiger partial charge in [-0.05, 0) is 58.7 Å². The maximum atomic E-state index is 12.5. The van der Waals surface area contributed by atoms with Crippen molar-refractivity contribution < 1.29 is 19.8 Å². The van der Waals surface area contributed by atoms with Crippen molar-refractivity contribution in [2.45, 2.75) is 91.9 Å². The van der Waals surface area contributed by atoms with Crippen LogP contribution in [0.3, 0.4) is 0 Å². The maximum Gasteiger partial charge on any atom is 0.336 e. The van der Waals surface area contributed by atoms with E-state index in [0.717, 1.165) is 86.1 Å². The molecule has 2 aromatic carbocycles. The highest BCUT2D eigenvalue weighted by Crippen LogP contribution is 2.33. The summed E-state index contributed by atoms with van der Waals surface area (Å²) in [6.45, 7) is 8.70. The van der Waals surface area contributed by atoms with Crippen molar-refractivity contribution in [1.29, 1.82) is 0 Å². The maximum absolute atomic E-state index is 12.5. The molecule has 2 N–H and O–H groups in total. The van der Waals surface area contributed by atoms with E-state index < -0.39 is 11.9 Å². The second-order valence-corrected chi connectivity index (χ2v) is 9.18. The summed E-state index contributed by atoms with van der Waals surface area (Å²) in [5, 5.41) is 21.5. The Kier molecular flexibility index (Phi) is 10.2. The summed E-state index contributed by atoms with van der Waals surface area (Å²) < 4.78 is 0. The molecule has 0 heterocycles. The Balaban J connectivity index is 2.67. The van der Waals surface area contributed by atoms with Crippen LogP contribution >= 0.6 is 0 Å². The molecule has 0 fully saturated rings. The third kappa shape index (κ3) is 6.57. The number of aromatic carboxylic acids is 2. The lowest BCUT2D eigenvalue weighted by atomic mass is 9.82. The quantitative estimate of drug-likeness (QED) is 0.315. The first-order chi connectivity index (χ1) is 15.4.